The van der Waals surface area contributed by atoms with Crippen molar-refractivity contribution in [2.45, 2.75) is 165 Å². The maximum atomic E-state index is 11.2. The monoisotopic (exact) mass is 1710 g/mol. The van der Waals surface area contributed by atoms with Crippen molar-refractivity contribution in [1.82, 2.24) is 32.0 Å². The largest absolute Gasteiger partial charge is 0.481 e. The second-order valence-corrected chi connectivity index (χ2v) is 30.9. The van der Waals surface area contributed by atoms with Crippen molar-refractivity contribution in [3.8, 4) is 0 Å². The number of unbranched alkanes of at least 4 members (excludes halogenated alkanes) is 1. The van der Waals surface area contributed by atoms with Gasteiger partial charge in [0.25, 0.3) is 0 Å². The molecule has 0 spiro atoms. The van der Waals surface area contributed by atoms with E-state index < -0.39 is 41.8 Å². The number of nitrogens with zero attached hydrogens (tertiary/aromatic N) is 7. The fraction of sp³-hybridized carbons (Fsp3) is 0.330. The Morgan fingerprint density at radius 2 is 0.632 bits per heavy atom. The van der Waals surface area contributed by atoms with Crippen LogP contribution in [-0.2, 0) is 163 Å². The van der Waals surface area contributed by atoms with E-state index in [0.717, 1.165) is 169 Å². The third kappa shape index (κ3) is 23.3. The van der Waals surface area contributed by atoms with Crippen molar-refractivity contribution in [1.29, 1.82) is 0 Å². The lowest BCUT2D eigenvalue weighted by Crippen LogP contribution is -2.04. The van der Waals surface area contributed by atoms with Crippen molar-refractivity contribution < 1.29 is 105 Å². The molecule has 0 bridgehead atoms. The molecule has 125 heavy (non-hydrogen) atoms. The van der Waals surface area contributed by atoms with E-state index in [4.69, 9.17) is 35.7 Å². The van der Waals surface area contributed by atoms with E-state index in [2.05, 4.69) is 44.2 Å². The lowest BCUT2D eigenvalue weighted by Gasteiger charge is -2.10. The highest BCUT2D eigenvalue weighted by Crippen LogP contribution is 2.34. The molecular weight excluding hydrogens is 1600 g/mol. The number of aliphatic carboxylic acids is 6. The summed E-state index contributed by atoms with van der Waals surface area (Å²) in [5, 5.41) is 134. The Balaban J connectivity index is 0.000000181. The van der Waals surface area contributed by atoms with Gasteiger partial charge in [-0.2, -0.15) is 0 Å². The number of rotatable bonds is 27. The number of hydrogen-bond acceptors (Lipinski definition) is 14. The average molecular weight is 1720 g/mol. The maximum Gasteiger partial charge on any atom is 0.336 e. The van der Waals surface area contributed by atoms with Crippen LogP contribution in [0.2, 0.25) is 0 Å². The van der Waals surface area contributed by atoms with Crippen LogP contribution in [0.3, 0.4) is 0 Å². The van der Waals surface area contributed by atoms with Gasteiger partial charge >= 0.3 is 41.8 Å². The molecule has 14 aromatic rings. The smallest absolute Gasteiger partial charge is 0.336 e. The summed E-state index contributed by atoms with van der Waals surface area (Å²) in [4.78, 5) is 75.4. The predicted molar refractivity (Wildman–Crippen MR) is 483 cm³/mol. The van der Waals surface area contributed by atoms with E-state index in [0.29, 0.717) is 53.3 Å². The van der Waals surface area contributed by atoms with Crippen LogP contribution in [0.1, 0.15) is 162 Å². The van der Waals surface area contributed by atoms with Crippen LogP contribution in [0, 0.1) is 34.6 Å². The molecule has 0 fully saturated rings. The third-order valence-electron chi connectivity index (χ3n) is 23.3. The summed E-state index contributed by atoms with van der Waals surface area (Å²) in [5.74, 6) is -6.10. The minimum Gasteiger partial charge on any atom is -0.481 e. The van der Waals surface area contributed by atoms with Gasteiger partial charge in [0, 0.05) is 191 Å². The molecule has 0 amide bonds. The molecule has 7 aromatic heterocycles. The molecule has 7 heterocycles. The van der Waals surface area contributed by atoms with Gasteiger partial charge in [-0.05, 0) is 243 Å². The molecule has 0 aliphatic heterocycles. The lowest BCUT2D eigenvalue weighted by molar-refractivity contribution is -0.138. The Labute approximate surface area is 723 Å². The van der Waals surface area contributed by atoms with Crippen LogP contribution in [-0.4, -0.2) is 145 Å². The van der Waals surface area contributed by atoms with Crippen LogP contribution in [0.4, 0.5) is 0 Å². The van der Waals surface area contributed by atoms with Crippen molar-refractivity contribution in [3.63, 3.8) is 0 Å². The molecule has 0 unspecified atom stereocenters. The minimum atomic E-state index is -1.000. The molecule has 0 saturated heterocycles. The number of fused-ring (bicyclic) bond motifs is 7. The zero-order valence-corrected chi connectivity index (χ0v) is 73.0. The fourth-order valence-electron chi connectivity index (χ4n) is 16.0. The molecule has 0 aliphatic rings. The van der Waals surface area contributed by atoms with E-state index in [1.807, 2.05) is 194 Å². The number of aryl methyl sites for hydroxylation is 16. The lowest BCUT2D eigenvalue weighted by atomic mass is 9.97. The van der Waals surface area contributed by atoms with E-state index >= 15 is 0 Å². The summed E-state index contributed by atoms with van der Waals surface area (Å²) in [5.41, 5.74) is 24.7. The second-order valence-electron chi connectivity index (χ2n) is 30.9. The van der Waals surface area contributed by atoms with Gasteiger partial charge in [0.1, 0.15) is 0 Å². The zero-order chi connectivity index (χ0) is 92.1. The molecule has 0 radical (unpaired) electrons. The van der Waals surface area contributed by atoms with Crippen LogP contribution in [0.25, 0.3) is 82.4 Å². The standard InChI is InChI=1S/C16H21NO3.C15H19NO3.C14H17NO3.C14H15NO3.C14H17NO3.2C12H13NO3/c1-11-9-14-13(5-3-4-6-16(19)20)12(10-18)7-8-15(14)17(11)2;1-10-8-13-12(4-3-5-15(18)19)11(9-17)6-7-14(13)16(10)2;2*1-9-7-12-11(4-6-14(17)18)10(8-16)3-5-13(12)15(9)2;1-3-10-6-12-11(7-14(17)18)9(8-16)4-5-13(12)15(10)2;1-7-5-9-10(13(7)2)4-3-8(6-14)11(9)12(15)16;1-13-5-4-9-10(6-12(15)16)8(7-14)2-3-11(9)13/h7-9,18H,3-6,10H2,1-2H3,(H,19,20);6-8,17H,3-5,9H2,1-2H3,(H,18,19);3,5,7,16H,4,6,8H2,1-2H3,(H,17,18);3-7,16H,8H2,1-2H3,(H,17,18);4-6,16H,3,7-8H2,1-2H3,(H,17,18);3-5,14H,6H2,1-2H3,(H,15,16);2-5,14H,6-7H2,1H3,(H,15,16)/b;;;6-4+;;;. The molecule has 14 N–H and O–H groups in total. The van der Waals surface area contributed by atoms with Crippen LogP contribution < -0.4 is 0 Å². The van der Waals surface area contributed by atoms with Crippen molar-refractivity contribution in [3.05, 3.63) is 252 Å². The van der Waals surface area contributed by atoms with Gasteiger partial charge in [0.05, 0.1) is 64.7 Å². The Bertz CT molecular complexity index is 6310. The van der Waals surface area contributed by atoms with Crippen molar-refractivity contribution >= 4 is 124 Å². The first-order valence-corrected chi connectivity index (χ1v) is 40.9. The summed E-state index contributed by atoms with van der Waals surface area (Å²) in [7, 11) is 13.8. The number of carboxylic acids is 7. The predicted octanol–water partition coefficient (Wildman–Crippen LogP) is 14.1. The Hall–Kier alpha value is -12.9. The molecule has 0 aliphatic carbocycles. The fourth-order valence-corrected chi connectivity index (χ4v) is 16.0. The number of aliphatic hydroxyl groups is 7. The Morgan fingerprint density at radius 1 is 0.312 bits per heavy atom. The number of benzene rings is 7. The molecule has 28 nitrogen and oxygen atoms in total. The van der Waals surface area contributed by atoms with Crippen LogP contribution >= 0.6 is 0 Å². The molecule has 14 rings (SSSR count). The quantitative estimate of drug-likeness (QED) is 0.0168. The van der Waals surface area contributed by atoms with Crippen LogP contribution in [0.15, 0.2) is 140 Å². The van der Waals surface area contributed by atoms with Crippen molar-refractivity contribution in [2.24, 2.45) is 49.3 Å². The Kier molecular flexibility index (Phi) is 34.6. The number of aromatic carboxylic acids is 1. The normalized spacial score (nSPS) is 11.1. The third-order valence-corrected chi connectivity index (χ3v) is 23.3. The molecule has 664 valence electrons. The summed E-state index contributed by atoms with van der Waals surface area (Å²) >= 11 is 0. The highest BCUT2D eigenvalue weighted by Gasteiger charge is 2.21. The number of carboxylic acid groups (broad SMARTS) is 7. The number of hydrogen-bond donors (Lipinski definition) is 14. The number of carbonyl (C=O) groups is 7. The summed E-state index contributed by atoms with van der Waals surface area (Å²) in [6.45, 7) is 11.4. The second kappa shape index (κ2) is 44.4. The highest BCUT2D eigenvalue weighted by molar-refractivity contribution is 6.05. The zero-order valence-electron chi connectivity index (χ0n) is 73.0. The SMILES string of the molecule is CCc1cc2c(CC(=O)O)c(CO)ccc2n1C.Cc1cc2c(/C=C/C(=O)O)c(CO)ccc2n1C.Cc1cc2c(C(=O)O)c(CO)ccc2n1C.Cc1cc2c(CCC(=O)O)c(CO)ccc2n1C.Cc1cc2c(CCCC(=O)O)c(CO)ccc2n1C.Cc1cc2c(CCCCC(=O)O)c(CO)ccc2n1C.Cn1ccc2c(CC(=O)O)c(CO)ccc21. The highest BCUT2D eigenvalue weighted by atomic mass is 16.4. The van der Waals surface area contributed by atoms with E-state index in [-0.39, 0.29) is 83.9 Å². The van der Waals surface area contributed by atoms with Gasteiger partial charge in [-0.3, -0.25) is 24.0 Å². The first kappa shape index (κ1) is 97.5. The molecule has 0 atom stereocenters. The summed E-state index contributed by atoms with van der Waals surface area (Å²) < 4.78 is 14.3. The van der Waals surface area contributed by atoms with E-state index in [1.54, 1.807) is 18.2 Å². The first-order chi connectivity index (χ1) is 59.4. The van der Waals surface area contributed by atoms with Gasteiger partial charge in [-0.15, -0.1) is 0 Å². The number of aromatic nitrogens is 7. The topological polar surface area (TPSA) is 437 Å². The van der Waals surface area contributed by atoms with E-state index in [9.17, 15) is 69.3 Å². The molecule has 28 heteroatoms. The van der Waals surface area contributed by atoms with Crippen molar-refractivity contribution in [2.75, 3.05) is 0 Å². The van der Waals surface area contributed by atoms with Gasteiger partial charge < -0.3 is 103 Å². The number of aliphatic hydroxyl groups excluding tert-OH is 7. The van der Waals surface area contributed by atoms with E-state index in [1.165, 1.54) is 17.2 Å². The summed E-state index contributed by atoms with van der Waals surface area (Å²) in [6.07, 6.45) is 9.78. The molecular formula is C97H115N7O21. The minimum absolute atomic E-state index is 0.00765. The van der Waals surface area contributed by atoms with Gasteiger partial charge in [-0.1, -0.05) is 49.4 Å². The Morgan fingerprint density at radius 3 is 1.02 bits per heavy atom. The van der Waals surface area contributed by atoms with Gasteiger partial charge in [0.15, 0.2) is 0 Å². The van der Waals surface area contributed by atoms with Gasteiger partial charge in [0.2, 0.25) is 0 Å². The van der Waals surface area contributed by atoms with Gasteiger partial charge in [-0.25, -0.2) is 9.59 Å². The maximum absolute atomic E-state index is 11.2. The first-order valence-electron chi connectivity index (χ1n) is 40.9. The molecule has 7 aromatic carbocycles. The average Bonchev–Trinajstić information content (AvgIpc) is 1.65. The summed E-state index contributed by atoms with van der Waals surface area (Å²) in [6, 6.07) is 40.5. The molecule has 0 saturated carbocycles. The van der Waals surface area contributed by atoms with Crippen LogP contribution in [0.5, 0.6) is 0 Å².